The first-order valence-corrected chi connectivity index (χ1v) is 9.20. The Labute approximate surface area is 91.2 Å². The van der Waals surface area contributed by atoms with E-state index in [0.29, 0.717) is 0 Å². The molecule has 0 rings (SSSR count). The van der Waals surface area contributed by atoms with Crippen LogP contribution in [0.15, 0.2) is 11.8 Å². The van der Waals surface area contributed by atoms with E-state index in [-0.39, 0.29) is 0 Å². The number of hydrogen-bond donors (Lipinski definition) is 0. The molecule has 0 atom stereocenters. The van der Waals surface area contributed by atoms with E-state index in [2.05, 4.69) is 52.0 Å². The maximum Gasteiger partial charge on any atom is 0.0514 e. The van der Waals surface area contributed by atoms with E-state index in [1.54, 1.807) is 5.57 Å². The molecule has 0 aliphatic heterocycles. The molecule has 1 nitrogen and oxygen atoms in total. The molecule has 84 valence electrons. The molecule has 0 bridgehead atoms. The summed E-state index contributed by atoms with van der Waals surface area (Å²) in [7, 11) is 1.21. The van der Waals surface area contributed by atoms with E-state index in [4.69, 9.17) is 0 Å². The maximum absolute atomic E-state index is 2.50. The zero-order valence-electron chi connectivity index (χ0n) is 10.9. The summed E-state index contributed by atoms with van der Waals surface area (Å²) in [6, 6.07) is 2.80. The molecule has 14 heavy (non-hydrogen) atoms. The zero-order valence-corrected chi connectivity index (χ0v) is 11.9. The van der Waals surface area contributed by atoms with Crippen molar-refractivity contribution in [1.82, 2.24) is 4.90 Å². The number of allylic oxidation sites excluding steroid dienone is 1. The standard InChI is InChI=1S/C12H27NSi/c1-7-9-14(5,6)11-12(3)10-13(4)8-2/h10H,7-9,11H2,1-6H3. The van der Waals surface area contributed by atoms with E-state index in [9.17, 15) is 0 Å². The Morgan fingerprint density at radius 1 is 1.29 bits per heavy atom. The summed E-state index contributed by atoms with van der Waals surface area (Å²) in [5.74, 6) is 0. The Balaban J connectivity index is 4.15. The third-order valence-electron chi connectivity index (χ3n) is 2.62. The van der Waals surface area contributed by atoms with Crippen molar-refractivity contribution >= 4 is 8.07 Å². The van der Waals surface area contributed by atoms with Crippen LogP contribution in [0.3, 0.4) is 0 Å². The third-order valence-corrected chi connectivity index (χ3v) is 5.99. The Morgan fingerprint density at radius 3 is 2.29 bits per heavy atom. The van der Waals surface area contributed by atoms with Crippen LogP contribution in [0.1, 0.15) is 27.2 Å². The molecule has 0 aliphatic rings. The van der Waals surface area contributed by atoms with Gasteiger partial charge >= 0.3 is 0 Å². The van der Waals surface area contributed by atoms with Crippen molar-refractivity contribution in [2.24, 2.45) is 0 Å². The Kier molecular flexibility index (Phi) is 6.17. The van der Waals surface area contributed by atoms with Crippen LogP contribution in [0.25, 0.3) is 0 Å². The SMILES string of the molecule is CCC[Si](C)(C)CC(C)=CN(C)CC. The van der Waals surface area contributed by atoms with Gasteiger partial charge in [0.15, 0.2) is 0 Å². The van der Waals surface area contributed by atoms with Gasteiger partial charge in [-0.25, -0.2) is 0 Å². The first kappa shape index (κ1) is 13.8. The molecule has 0 fully saturated rings. The predicted octanol–water partition coefficient (Wildman–Crippen LogP) is 3.96. The van der Waals surface area contributed by atoms with Crippen LogP contribution in [0, 0.1) is 0 Å². The molecule has 0 aromatic heterocycles. The second-order valence-corrected chi connectivity index (χ2v) is 10.3. The van der Waals surface area contributed by atoms with E-state index in [1.165, 1.54) is 18.5 Å². The van der Waals surface area contributed by atoms with Crippen molar-refractivity contribution < 1.29 is 0 Å². The van der Waals surface area contributed by atoms with Crippen molar-refractivity contribution in [2.75, 3.05) is 13.6 Å². The maximum atomic E-state index is 2.50. The average Bonchev–Trinajstić information content (AvgIpc) is 2.02. The monoisotopic (exact) mass is 213 g/mol. The largest absolute Gasteiger partial charge is 0.381 e. The van der Waals surface area contributed by atoms with Crippen LogP contribution in [-0.2, 0) is 0 Å². The molecule has 0 heterocycles. The van der Waals surface area contributed by atoms with Gasteiger partial charge in [0.2, 0.25) is 0 Å². The van der Waals surface area contributed by atoms with Gasteiger partial charge in [0, 0.05) is 13.6 Å². The van der Waals surface area contributed by atoms with Gasteiger partial charge in [-0.15, -0.1) is 0 Å². The number of hydrogen-bond acceptors (Lipinski definition) is 1. The number of nitrogens with zero attached hydrogens (tertiary/aromatic N) is 1. The van der Waals surface area contributed by atoms with E-state index in [1.807, 2.05) is 0 Å². The normalized spacial score (nSPS) is 13.1. The molecule has 0 spiro atoms. The minimum Gasteiger partial charge on any atom is -0.381 e. The highest BCUT2D eigenvalue weighted by atomic mass is 28.3. The number of rotatable bonds is 6. The Morgan fingerprint density at radius 2 is 1.86 bits per heavy atom. The second-order valence-electron chi connectivity index (χ2n) is 5.14. The molecule has 0 aromatic carbocycles. The highest BCUT2D eigenvalue weighted by Gasteiger charge is 2.19. The first-order valence-electron chi connectivity index (χ1n) is 5.79. The second kappa shape index (κ2) is 6.28. The molecule has 0 aromatic rings. The van der Waals surface area contributed by atoms with Crippen LogP contribution >= 0.6 is 0 Å². The molecule has 0 amide bonds. The van der Waals surface area contributed by atoms with Gasteiger partial charge in [0.1, 0.15) is 0 Å². The lowest BCUT2D eigenvalue weighted by Crippen LogP contribution is -2.25. The summed E-state index contributed by atoms with van der Waals surface area (Å²) in [6.07, 6.45) is 3.65. The summed E-state index contributed by atoms with van der Waals surface area (Å²) < 4.78 is 0. The van der Waals surface area contributed by atoms with Crippen molar-refractivity contribution in [3.8, 4) is 0 Å². The van der Waals surface area contributed by atoms with Crippen molar-refractivity contribution in [3.05, 3.63) is 11.8 Å². The third kappa shape index (κ3) is 6.25. The fourth-order valence-electron chi connectivity index (χ4n) is 2.03. The van der Waals surface area contributed by atoms with Gasteiger partial charge in [-0.1, -0.05) is 38.1 Å². The minimum absolute atomic E-state index is 0.941. The van der Waals surface area contributed by atoms with E-state index < -0.39 is 8.07 Å². The summed E-state index contributed by atoms with van der Waals surface area (Å²) in [6.45, 7) is 12.9. The van der Waals surface area contributed by atoms with Gasteiger partial charge in [-0.2, -0.15) is 0 Å². The van der Waals surface area contributed by atoms with Crippen LogP contribution < -0.4 is 0 Å². The minimum atomic E-state index is -0.941. The lowest BCUT2D eigenvalue weighted by atomic mass is 10.4. The summed E-state index contributed by atoms with van der Waals surface area (Å²) in [5, 5.41) is 0. The van der Waals surface area contributed by atoms with Crippen LogP contribution in [0.2, 0.25) is 25.2 Å². The molecule has 2 heteroatoms. The zero-order chi connectivity index (χ0) is 11.2. The summed E-state index contributed by atoms with van der Waals surface area (Å²) in [4.78, 5) is 2.27. The van der Waals surface area contributed by atoms with Crippen molar-refractivity contribution in [3.63, 3.8) is 0 Å². The molecular weight excluding hydrogens is 186 g/mol. The van der Waals surface area contributed by atoms with Crippen LogP contribution in [-0.4, -0.2) is 26.6 Å². The fraction of sp³-hybridized carbons (Fsp3) is 0.833. The smallest absolute Gasteiger partial charge is 0.0514 e. The average molecular weight is 213 g/mol. The molecular formula is C12H27NSi. The predicted molar refractivity (Wildman–Crippen MR) is 69.4 cm³/mol. The summed E-state index contributed by atoms with van der Waals surface area (Å²) >= 11 is 0. The first-order chi connectivity index (χ1) is 6.41. The highest BCUT2D eigenvalue weighted by Crippen LogP contribution is 2.22. The molecule has 0 unspecified atom stereocenters. The molecule has 0 saturated heterocycles. The van der Waals surface area contributed by atoms with Crippen molar-refractivity contribution in [2.45, 2.75) is 52.4 Å². The quantitative estimate of drug-likeness (QED) is 0.604. The van der Waals surface area contributed by atoms with Crippen LogP contribution in [0.4, 0.5) is 0 Å². The molecule has 0 aliphatic carbocycles. The highest BCUT2D eigenvalue weighted by molar-refractivity contribution is 6.77. The molecule has 0 saturated carbocycles. The van der Waals surface area contributed by atoms with Gasteiger partial charge in [-0.05, 0) is 26.1 Å². The molecule has 0 radical (unpaired) electrons. The molecule has 0 N–H and O–H groups in total. The lowest BCUT2D eigenvalue weighted by molar-refractivity contribution is 0.480. The van der Waals surface area contributed by atoms with E-state index >= 15 is 0 Å². The van der Waals surface area contributed by atoms with Gasteiger partial charge in [0.05, 0.1) is 8.07 Å². The Hall–Kier alpha value is -0.243. The van der Waals surface area contributed by atoms with Crippen molar-refractivity contribution in [1.29, 1.82) is 0 Å². The Bertz CT molecular complexity index is 185. The van der Waals surface area contributed by atoms with Crippen LogP contribution in [0.5, 0.6) is 0 Å². The fourth-order valence-corrected chi connectivity index (χ4v) is 5.16. The lowest BCUT2D eigenvalue weighted by Gasteiger charge is -2.23. The summed E-state index contributed by atoms with van der Waals surface area (Å²) in [5.41, 5.74) is 1.56. The topological polar surface area (TPSA) is 3.24 Å². The van der Waals surface area contributed by atoms with E-state index in [0.717, 1.165) is 6.54 Å². The van der Waals surface area contributed by atoms with Gasteiger partial charge in [-0.3, -0.25) is 0 Å². The van der Waals surface area contributed by atoms with Gasteiger partial charge < -0.3 is 4.90 Å². The van der Waals surface area contributed by atoms with Gasteiger partial charge in [0.25, 0.3) is 0 Å².